The number of rotatable bonds is 7. The van der Waals surface area contributed by atoms with E-state index in [4.69, 9.17) is 9.47 Å². The lowest BCUT2D eigenvalue weighted by Crippen LogP contribution is -2.33. The van der Waals surface area contributed by atoms with Crippen molar-refractivity contribution in [1.82, 2.24) is 0 Å². The Morgan fingerprint density at radius 3 is 1.97 bits per heavy atom. The van der Waals surface area contributed by atoms with Crippen LogP contribution in [-0.2, 0) is 19.1 Å². The van der Waals surface area contributed by atoms with Gasteiger partial charge in [-0.25, -0.2) is 0 Å². The van der Waals surface area contributed by atoms with E-state index in [0.29, 0.717) is 11.1 Å². The van der Waals surface area contributed by atoms with Gasteiger partial charge >= 0.3 is 11.9 Å². The van der Waals surface area contributed by atoms with Gasteiger partial charge in [-0.1, -0.05) is 72.8 Å². The number of benzene rings is 3. The fourth-order valence-electron chi connectivity index (χ4n) is 3.49. The molecule has 0 spiro atoms. The maximum atomic E-state index is 12.9. The summed E-state index contributed by atoms with van der Waals surface area (Å²) in [6.07, 6.45) is -0.0305. The van der Waals surface area contributed by atoms with Crippen molar-refractivity contribution in [3.05, 3.63) is 83.9 Å². The van der Waals surface area contributed by atoms with Gasteiger partial charge in [0.1, 0.15) is 0 Å². The van der Waals surface area contributed by atoms with Crippen LogP contribution in [0.5, 0.6) is 0 Å². The van der Waals surface area contributed by atoms with Crippen molar-refractivity contribution in [2.75, 3.05) is 14.2 Å². The van der Waals surface area contributed by atoms with Crippen molar-refractivity contribution < 1.29 is 23.9 Å². The third kappa shape index (κ3) is 4.51. The van der Waals surface area contributed by atoms with Gasteiger partial charge in [0.15, 0.2) is 11.7 Å². The number of Topliss-reactive ketones (excluding diaryl/α,β-unsaturated/α-hetero) is 1. The van der Waals surface area contributed by atoms with E-state index >= 15 is 0 Å². The van der Waals surface area contributed by atoms with Crippen LogP contribution in [0.25, 0.3) is 10.8 Å². The molecule has 0 unspecified atom stereocenters. The number of esters is 2. The molecular weight excluding hydrogens is 368 g/mol. The van der Waals surface area contributed by atoms with Crippen LogP contribution < -0.4 is 0 Å². The molecule has 29 heavy (non-hydrogen) atoms. The summed E-state index contributed by atoms with van der Waals surface area (Å²) < 4.78 is 9.72. The monoisotopic (exact) mass is 390 g/mol. The van der Waals surface area contributed by atoms with Crippen molar-refractivity contribution >= 4 is 28.5 Å². The first-order valence-corrected chi connectivity index (χ1v) is 9.27. The minimum absolute atomic E-state index is 0.0305. The standard InChI is InChI=1S/C24H22O5/c1-28-23(26)22(24(27)29-2)20(15-21(25)17-9-4-3-5-10-17)19-13-12-16-8-6-7-11-18(16)14-19/h3-14,20,22H,15H2,1-2H3/t20-/m1/s1. The van der Waals surface area contributed by atoms with E-state index in [2.05, 4.69) is 0 Å². The second-order valence-electron chi connectivity index (χ2n) is 6.73. The SMILES string of the molecule is COC(=O)C(C(=O)OC)[C@H](CC(=O)c1ccccc1)c1ccc2ccccc2c1. The highest BCUT2D eigenvalue weighted by Gasteiger charge is 2.39. The molecule has 5 nitrogen and oxygen atoms in total. The minimum atomic E-state index is -1.24. The molecular formula is C24H22O5. The molecule has 0 saturated carbocycles. The summed E-state index contributed by atoms with van der Waals surface area (Å²) in [6, 6.07) is 22.2. The van der Waals surface area contributed by atoms with Gasteiger partial charge in [-0.2, -0.15) is 0 Å². The van der Waals surface area contributed by atoms with Crippen LogP contribution in [-0.4, -0.2) is 31.9 Å². The maximum Gasteiger partial charge on any atom is 0.320 e. The third-order valence-corrected chi connectivity index (χ3v) is 5.02. The average Bonchev–Trinajstić information content (AvgIpc) is 2.78. The second-order valence-corrected chi connectivity index (χ2v) is 6.73. The summed E-state index contributed by atoms with van der Waals surface area (Å²) in [5.74, 6) is -3.57. The number of fused-ring (bicyclic) bond motifs is 1. The van der Waals surface area contributed by atoms with Crippen molar-refractivity contribution in [3.63, 3.8) is 0 Å². The number of carbonyl (C=O) groups excluding carboxylic acids is 3. The quantitative estimate of drug-likeness (QED) is 0.344. The molecule has 3 rings (SSSR count). The summed E-state index contributed by atoms with van der Waals surface area (Å²) >= 11 is 0. The molecule has 0 aliphatic rings. The predicted molar refractivity (Wildman–Crippen MR) is 110 cm³/mol. The summed E-state index contributed by atoms with van der Waals surface area (Å²) in [4.78, 5) is 37.9. The van der Waals surface area contributed by atoms with Gasteiger partial charge < -0.3 is 9.47 Å². The second kappa shape index (κ2) is 9.15. The van der Waals surface area contributed by atoms with Crippen LogP contribution in [0.4, 0.5) is 0 Å². The fraction of sp³-hybridized carbons (Fsp3) is 0.208. The van der Waals surface area contributed by atoms with Gasteiger partial charge in [-0.15, -0.1) is 0 Å². The molecule has 0 bridgehead atoms. The Kier molecular flexibility index (Phi) is 6.39. The summed E-state index contributed by atoms with van der Waals surface area (Å²) in [7, 11) is 2.43. The van der Waals surface area contributed by atoms with E-state index < -0.39 is 23.8 Å². The van der Waals surface area contributed by atoms with E-state index in [1.165, 1.54) is 14.2 Å². The van der Waals surface area contributed by atoms with Crippen LogP contribution in [0.15, 0.2) is 72.8 Å². The van der Waals surface area contributed by atoms with Crippen molar-refractivity contribution in [1.29, 1.82) is 0 Å². The molecule has 0 amide bonds. The van der Waals surface area contributed by atoms with Crippen LogP contribution in [0, 0.1) is 5.92 Å². The highest BCUT2D eigenvalue weighted by molar-refractivity contribution is 6.00. The smallest absolute Gasteiger partial charge is 0.320 e. The van der Waals surface area contributed by atoms with Crippen LogP contribution >= 0.6 is 0 Å². The van der Waals surface area contributed by atoms with Crippen molar-refractivity contribution in [3.8, 4) is 0 Å². The van der Waals surface area contributed by atoms with E-state index in [9.17, 15) is 14.4 Å². The van der Waals surface area contributed by atoms with E-state index in [1.807, 2.05) is 48.5 Å². The van der Waals surface area contributed by atoms with Gasteiger partial charge in [0.2, 0.25) is 0 Å². The molecule has 0 heterocycles. The molecule has 3 aromatic carbocycles. The number of ketones is 1. The lowest BCUT2D eigenvalue weighted by atomic mass is 9.80. The molecule has 0 aliphatic carbocycles. The van der Waals surface area contributed by atoms with Gasteiger partial charge in [0.05, 0.1) is 14.2 Å². The first-order valence-electron chi connectivity index (χ1n) is 9.27. The summed E-state index contributed by atoms with van der Waals surface area (Å²) in [5, 5.41) is 1.98. The Balaban J connectivity index is 2.07. The Morgan fingerprint density at radius 2 is 1.34 bits per heavy atom. The number of ether oxygens (including phenoxy) is 2. The number of carbonyl (C=O) groups is 3. The van der Waals surface area contributed by atoms with E-state index in [0.717, 1.165) is 10.8 Å². The zero-order valence-corrected chi connectivity index (χ0v) is 16.3. The highest BCUT2D eigenvalue weighted by atomic mass is 16.5. The first-order chi connectivity index (χ1) is 14.0. The van der Waals surface area contributed by atoms with E-state index in [1.54, 1.807) is 24.3 Å². The first kappa shape index (κ1) is 20.3. The van der Waals surface area contributed by atoms with Crippen molar-refractivity contribution in [2.45, 2.75) is 12.3 Å². The highest BCUT2D eigenvalue weighted by Crippen LogP contribution is 2.33. The van der Waals surface area contributed by atoms with Gasteiger partial charge in [-0.3, -0.25) is 14.4 Å². The zero-order chi connectivity index (χ0) is 20.8. The van der Waals surface area contributed by atoms with Gasteiger partial charge in [-0.05, 0) is 16.3 Å². The molecule has 5 heteroatoms. The van der Waals surface area contributed by atoms with Crippen molar-refractivity contribution in [2.24, 2.45) is 5.92 Å². The molecule has 0 N–H and O–H groups in total. The molecule has 3 aromatic rings. The van der Waals surface area contributed by atoms with Gasteiger partial charge in [0, 0.05) is 17.9 Å². The van der Waals surface area contributed by atoms with E-state index in [-0.39, 0.29) is 12.2 Å². The van der Waals surface area contributed by atoms with Crippen LogP contribution in [0.2, 0.25) is 0 Å². The lowest BCUT2D eigenvalue weighted by molar-refractivity contribution is -0.159. The van der Waals surface area contributed by atoms with Crippen LogP contribution in [0.3, 0.4) is 0 Å². The summed E-state index contributed by atoms with van der Waals surface area (Å²) in [5.41, 5.74) is 1.22. The number of hydrogen-bond acceptors (Lipinski definition) is 5. The molecule has 0 radical (unpaired) electrons. The largest absolute Gasteiger partial charge is 0.468 e. The zero-order valence-electron chi connectivity index (χ0n) is 16.3. The Morgan fingerprint density at radius 1 is 0.759 bits per heavy atom. The Hall–Kier alpha value is -3.47. The maximum absolute atomic E-state index is 12.9. The van der Waals surface area contributed by atoms with Gasteiger partial charge in [0.25, 0.3) is 0 Å². The predicted octanol–water partition coefficient (Wildman–Crippen LogP) is 4.16. The molecule has 0 aromatic heterocycles. The molecule has 1 atom stereocenters. The minimum Gasteiger partial charge on any atom is -0.468 e. The normalized spacial score (nSPS) is 11.8. The number of hydrogen-bond donors (Lipinski definition) is 0. The Bertz CT molecular complexity index is 1010. The number of methoxy groups -OCH3 is 2. The molecule has 0 saturated heterocycles. The van der Waals surface area contributed by atoms with Crippen LogP contribution in [0.1, 0.15) is 28.3 Å². The average molecular weight is 390 g/mol. The topological polar surface area (TPSA) is 69.7 Å². The molecule has 0 aliphatic heterocycles. The molecule has 148 valence electrons. The summed E-state index contributed by atoms with van der Waals surface area (Å²) in [6.45, 7) is 0. The lowest BCUT2D eigenvalue weighted by Gasteiger charge is -2.24. The molecule has 0 fully saturated rings. The Labute approximate surface area is 169 Å². The fourth-order valence-corrected chi connectivity index (χ4v) is 3.49. The third-order valence-electron chi connectivity index (χ3n) is 5.02.